The van der Waals surface area contributed by atoms with E-state index in [1.807, 2.05) is 7.05 Å². The SMILES string of the molecule is CC(C1CC1)N(C)C(=O)c1cc(N)ccc1Cl. The molecule has 1 aliphatic rings. The van der Waals surface area contributed by atoms with E-state index in [2.05, 4.69) is 6.92 Å². The molecule has 1 fully saturated rings. The number of nitrogens with two attached hydrogens (primary N) is 1. The Labute approximate surface area is 107 Å². The van der Waals surface area contributed by atoms with Crippen LogP contribution in [0.4, 0.5) is 5.69 Å². The maximum Gasteiger partial charge on any atom is 0.255 e. The zero-order valence-electron chi connectivity index (χ0n) is 10.1. The van der Waals surface area contributed by atoms with Gasteiger partial charge in [-0.2, -0.15) is 0 Å². The van der Waals surface area contributed by atoms with Gasteiger partial charge >= 0.3 is 0 Å². The first-order chi connectivity index (χ1) is 8.00. The second kappa shape index (κ2) is 4.57. The number of amides is 1. The molecule has 0 spiro atoms. The Morgan fingerprint density at radius 2 is 2.18 bits per heavy atom. The van der Waals surface area contributed by atoms with E-state index >= 15 is 0 Å². The average molecular weight is 253 g/mol. The van der Waals surface area contributed by atoms with Crippen LogP contribution < -0.4 is 5.73 Å². The Morgan fingerprint density at radius 3 is 2.76 bits per heavy atom. The molecule has 0 bridgehead atoms. The van der Waals surface area contributed by atoms with Crippen molar-refractivity contribution in [2.24, 2.45) is 5.92 Å². The minimum atomic E-state index is -0.0540. The fraction of sp³-hybridized carbons (Fsp3) is 0.462. The normalized spacial score (nSPS) is 16.6. The Kier molecular flexibility index (Phi) is 3.29. The third kappa shape index (κ3) is 2.55. The molecule has 0 saturated heterocycles. The monoisotopic (exact) mass is 252 g/mol. The molecule has 1 amide bonds. The number of anilines is 1. The van der Waals surface area contributed by atoms with Crippen LogP contribution in [0, 0.1) is 5.92 Å². The van der Waals surface area contributed by atoms with Gasteiger partial charge < -0.3 is 10.6 Å². The number of halogens is 1. The number of nitrogens with zero attached hydrogens (tertiary/aromatic N) is 1. The molecule has 1 aromatic rings. The first-order valence-electron chi connectivity index (χ1n) is 5.83. The van der Waals surface area contributed by atoms with Crippen LogP contribution in [0.25, 0.3) is 0 Å². The minimum absolute atomic E-state index is 0.0540. The number of carbonyl (C=O) groups excluding carboxylic acids is 1. The van der Waals surface area contributed by atoms with Crippen LogP contribution in [0.2, 0.25) is 5.02 Å². The molecule has 0 radical (unpaired) electrons. The number of nitrogen functional groups attached to an aromatic ring is 1. The lowest BCUT2D eigenvalue weighted by molar-refractivity contribution is 0.0727. The van der Waals surface area contributed by atoms with E-state index in [1.165, 1.54) is 12.8 Å². The number of hydrogen-bond acceptors (Lipinski definition) is 2. The van der Waals surface area contributed by atoms with Crippen molar-refractivity contribution >= 4 is 23.2 Å². The molecule has 0 aliphatic heterocycles. The summed E-state index contributed by atoms with van der Waals surface area (Å²) in [4.78, 5) is 14.0. The summed E-state index contributed by atoms with van der Waals surface area (Å²) in [6.45, 7) is 2.08. The smallest absolute Gasteiger partial charge is 0.255 e. The summed E-state index contributed by atoms with van der Waals surface area (Å²) < 4.78 is 0. The molecule has 1 saturated carbocycles. The maximum atomic E-state index is 12.3. The second-order valence-corrected chi connectivity index (χ2v) is 5.14. The van der Waals surface area contributed by atoms with Gasteiger partial charge in [0.05, 0.1) is 10.6 Å². The van der Waals surface area contributed by atoms with Gasteiger partial charge in [0.15, 0.2) is 0 Å². The third-order valence-corrected chi connectivity index (χ3v) is 3.79. The molecule has 1 aromatic carbocycles. The van der Waals surface area contributed by atoms with Crippen LogP contribution in [0.3, 0.4) is 0 Å². The van der Waals surface area contributed by atoms with E-state index in [1.54, 1.807) is 23.1 Å². The van der Waals surface area contributed by atoms with Crippen LogP contribution in [-0.4, -0.2) is 23.9 Å². The molecule has 2 rings (SSSR count). The summed E-state index contributed by atoms with van der Waals surface area (Å²) in [5.74, 6) is 0.588. The van der Waals surface area contributed by atoms with Crippen LogP contribution in [0.1, 0.15) is 30.1 Å². The predicted molar refractivity (Wildman–Crippen MR) is 70.1 cm³/mol. The Bertz CT molecular complexity index is 443. The molecular weight excluding hydrogens is 236 g/mol. The van der Waals surface area contributed by atoms with Gasteiger partial charge in [0, 0.05) is 18.8 Å². The van der Waals surface area contributed by atoms with E-state index in [4.69, 9.17) is 17.3 Å². The summed E-state index contributed by atoms with van der Waals surface area (Å²) in [6.07, 6.45) is 2.42. The summed E-state index contributed by atoms with van der Waals surface area (Å²) in [7, 11) is 1.82. The summed E-state index contributed by atoms with van der Waals surface area (Å²) in [5, 5.41) is 0.457. The van der Waals surface area contributed by atoms with Gasteiger partial charge in [-0.25, -0.2) is 0 Å². The minimum Gasteiger partial charge on any atom is -0.399 e. The fourth-order valence-electron chi connectivity index (χ4n) is 1.98. The lowest BCUT2D eigenvalue weighted by Crippen LogP contribution is -2.36. The third-order valence-electron chi connectivity index (χ3n) is 3.46. The molecule has 1 aliphatic carbocycles. The molecule has 0 heterocycles. The zero-order chi connectivity index (χ0) is 12.6. The molecule has 17 heavy (non-hydrogen) atoms. The van der Waals surface area contributed by atoms with Crippen LogP contribution >= 0.6 is 11.6 Å². The van der Waals surface area contributed by atoms with Crippen molar-refractivity contribution in [1.82, 2.24) is 4.90 Å². The van der Waals surface area contributed by atoms with Crippen molar-refractivity contribution in [2.45, 2.75) is 25.8 Å². The lowest BCUT2D eigenvalue weighted by atomic mass is 10.1. The van der Waals surface area contributed by atoms with Gasteiger partial charge in [0.25, 0.3) is 5.91 Å². The first kappa shape index (κ1) is 12.2. The van der Waals surface area contributed by atoms with E-state index < -0.39 is 0 Å². The van der Waals surface area contributed by atoms with E-state index in [0.717, 1.165) is 0 Å². The predicted octanol–water partition coefficient (Wildman–Crippen LogP) is 2.79. The van der Waals surface area contributed by atoms with E-state index in [0.29, 0.717) is 22.2 Å². The highest BCUT2D eigenvalue weighted by Crippen LogP contribution is 2.35. The van der Waals surface area contributed by atoms with Crippen LogP contribution in [0.5, 0.6) is 0 Å². The summed E-state index contributed by atoms with van der Waals surface area (Å²) >= 11 is 6.03. The first-order valence-corrected chi connectivity index (χ1v) is 6.20. The largest absolute Gasteiger partial charge is 0.399 e. The Morgan fingerprint density at radius 1 is 1.53 bits per heavy atom. The zero-order valence-corrected chi connectivity index (χ0v) is 10.9. The topological polar surface area (TPSA) is 46.3 Å². The quantitative estimate of drug-likeness (QED) is 0.841. The molecule has 3 nitrogen and oxygen atoms in total. The molecule has 92 valence electrons. The average Bonchev–Trinajstić information content (AvgIpc) is 3.13. The highest BCUT2D eigenvalue weighted by atomic mass is 35.5. The van der Waals surface area contributed by atoms with Crippen LogP contribution in [-0.2, 0) is 0 Å². The fourth-order valence-corrected chi connectivity index (χ4v) is 2.17. The Balaban J connectivity index is 2.20. The van der Waals surface area contributed by atoms with Crippen molar-refractivity contribution in [3.8, 4) is 0 Å². The molecule has 2 N–H and O–H groups in total. The van der Waals surface area contributed by atoms with Gasteiger partial charge in [-0.05, 0) is 43.9 Å². The van der Waals surface area contributed by atoms with Gasteiger partial charge in [0.2, 0.25) is 0 Å². The molecule has 0 aromatic heterocycles. The standard InChI is InChI=1S/C13H17ClN2O/c1-8(9-3-4-9)16(2)13(17)11-7-10(15)5-6-12(11)14/h5-9H,3-4,15H2,1-2H3. The summed E-state index contributed by atoms with van der Waals surface area (Å²) in [5.41, 5.74) is 6.73. The van der Waals surface area contributed by atoms with Crippen molar-refractivity contribution < 1.29 is 4.79 Å². The highest BCUT2D eigenvalue weighted by Gasteiger charge is 2.33. The number of benzene rings is 1. The lowest BCUT2D eigenvalue weighted by Gasteiger charge is -2.25. The van der Waals surface area contributed by atoms with Crippen molar-refractivity contribution in [3.05, 3.63) is 28.8 Å². The van der Waals surface area contributed by atoms with Crippen molar-refractivity contribution in [1.29, 1.82) is 0 Å². The maximum absolute atomic E-state index is 12.3. The number of hydrogen-bond donors (Lipinski definition) is 1. The van der Waals surface area contributed by atoms with Crippen molar-refractivity contribution in [3.63, 3.8) is 0 Å². The van der Waals surface area contributed by atoms with E-state index in [-0.39, 0.29) is 11.9 Å². The molecular formula is C13H17ClN2O. The van der Waals surface area contributed by atoms with Gasteiger partial charge in [0.1, 0.15) is 0 Å². The van der Waals surface area contributed by atoms with Gasteiger partial charge in [-0.3, -0.25) is 4.79 Å². The van der Waals surface area contributed by atoms with Gasteiger partial charge in [-0.15, -0.1) is 0 Å². The summed E-state index contributed by atoms with van der Waals surface area (Å²) in [6, 6.07) is 5.27. The van der Waals surface area contributed by atoms with Crippen LogP contribution in [0.15, 0.2) is 18.2 Å². The molecule has 1 atom stereocenters. The Hall–Kier alpha value is -1.22. The highest BCUT2D eigenvalue weighted by molar-refractivity contribution is 6.34. The number of carbonyl (C=O) groups is 1. The second-order valence-electron chi connectivity index (χ2n) is 4.73. The van der Waals surface area contributed by atoms with Crippen molar-refractivity contribution in [2.75, 3.05) is 12.8 Å². The van der Waals surface area contributed by atoms with E-state index in [9.17, 15) is 4.79 Å². The number of rotatable bonds is 3. The van der Waals surface area contributed by atoms with Gasteiger partial charge in [-0.1, -0.05) is 11.6 Å². The molecule has 4 heteroatoms. The molecule has 1 unspecified atom stereocenters.